The maximum Gasteiger partial charge on any atom is 0.277 e. The second-order valence-corrected chi connectivity index (χ2v) is 9.47. The van der Waals surface area contributed by atoms with E-state index in [1.54, 1.807) is 24.5 Å². The van der Waals surface area contributed by atoms with Gasteiger partial charge in [0.2, 0.25) is 0 Å². The van der Waals surface area contributed by atoms with Gasteiger partial charge in [-0.05, 0) is 92.7 Å². The van der Waals surface area contributed by atoms with E-state index in [-0.39, 0.29) is 24.9 Å². The Morgan fingerprint density at radius 2 is 1.79 bits per heavy atom. The summed E-state index contributed by atoms with van der Waals surface area (Å²) in [6.45, 7) is 0.0778. The summed E-state index contributed by atoms with van der Waals surface area (Å²) in [5, 5.41) is 4.96. The van der Waals surface area contributed by atoms with Crippen molar-refractivity contribution in [2.75, 3.05) is 6.61 Å². The highest BCUT2D eigenvalue weighted by Crippen LogP contribution is 2.29. The van der Waals surface area contributed by atoms with Crippen molar-refractivity contribution in [3.05, 3.63) is 97.0 Å². The number of hydrogen-bond donors (Lipinski definition) is 1. The number of para-hydroxylation sites is 1. The Balaban J connectivity index is 1.32. The summed E-state index contributed by atoms with van der Waals surface area (Å²) in [4.78, 5) is 16.5. The summed E-state index contributed by atoms with van der Waals surface area (Å²) < 4.78 is 26.6. The van der Waals surface area contributed by atoms with Crippen molar-refractivity contribution in [2.24, 2.45) is 5.10 Å². The minimum absolute atomic E-state index is 0.186. The van der Waals surface area contributed by atoms with Gasteiger partial charge in [0, 0.05) is 11.6 Å². The molecule has 0 radical (unpaired) electrons. The Bertz CT molecular complexity index is 1340. The summed E-state index contributed by atoms with van der Waals surface area (Å²) in [5.74, 6) is 0.570. The Hall–Kier alpha value is -2.80. The highest BCUT2D eigenvalue weighted by molar-refractivity contribution is 14.1. The van der Waals surface area contributed by atoms with Crippen molar-refractivity contribution < 1.29 is 18.7 Å². The molecule has 0 saturated carbocycles. The largest absolute Gasteiger partial charge is 0.487 e. The van der Waals surface area contributed by atoms with Crippen LogP contribution in [0.5, 0.6) is 11.5 Å². The molecule has 3 aromatic carbocycles. The smallest absolute Gasteiger partial charge is 0.277 e. The summed E-state index contributed by atoms with van der Waals surface area (Å²) >= 11 is 4.35. The van der Waals surface area contributed by atoms with Crippen LogP contribution in [0, 0.1) is 13.0 Å². The number of aromatic nitrogens is 1. The van der Waals surface area contributed by atoms with Gasteiger partial charge in [0.15, 0.2) is 6.61 Å². The van der Waals surface area contributed by atoms with Gasteiger partial charge in [-0.15, -0.1) is 0 Å². The molecule has 1 N–H and O–H groups in total. The van der Waals surface area contributed by atoms with E-state index in [0.717, 1.165) is 23.7 Å². The maximum absolute atomic E-state index is 13.4. The normalized spacial score (nSPS) is 11.0. The van der Waals surface area contributed by atoms with Crippen molar-refractivity contribution in [2.45, 2.75) is 6.61 Å². The average Bonchev–Trinajstić information content (AvgIpc) is 2.82. The Morgan fingerprint density at radius 3 is 2.59 bits per heavy atom. The van der Waals surface area contributed by atoms with Gasteiger partial charge in [0.25, 0.3) is 5.91 Å². The van der Waals surface area contributed by atoms with Crippen LogP contribution in [-0.4, -0.2) is 23.7 Å². The van der Waals surface area contributed by atoms with Gasteiger partial charge in [-0.1, -0.05) is 30.3 Å². The van der Waals surface area contributed by atoms with Gasteiger partial charge < -0.3 is 9.47 Å². The molecule has 34 heavy (non-hydrogen) atoms. The molecule has 0 bridgehead atoms. The van der Waals surface area contributed by atoms with Crippen LogP contribution in [0.3, 0.4) is 0 Å². The average molecular weight is 681 g/mol. The first-order valence-corrected chi connectivity index (χ1v) is 12.3. The molecule has 1 amide bonds. The van der Waals surface area contributed by atoms with Crippen LogP contribution in [0.4, 0.5) is 4.39 Å². The third-order valence-corrected chi connectivity index (χ3v) is 6.25. The van der Waals surface area contributed by atoms with Crippen LogP contribution >= 0.6 is 45.2 Å². The van der Waals surface area contributed by atoms with Crippen LogP contribution < -0.4 is 14.9 Å². The number of hydrogen-bond acceptors (Lipinski definition) is 5. The number of carbonyl (C=O) groups excluding carboxylic acids is 1. The van der Waals surface area contributed by atoms with Crippen molar-refractivity contribution in [3.8, 4) is 11.5 Å². The first kappa shape index (κ1) is 24.3. The summed E-state index contributed by atoms with van der Waals surface area (Å²) in [5.41, 5.74) is 4.72. The number of nitrogens with one attached hydrogen (secondary N) is 1. The number of halogens is 3. The van der Waals surface area contributed by atoms with E-state index in [4.69, 9.17) is 9.47 Å². The molecule has 0 atom stereocenters. The quantitative estimate of drug-likeness (QED) is 0.148. The summed E-state index contributed by atoms with van der Waals surface area (Å²) in [7, 11) is 0. The Kier molecular flexibility index (Phi) is 8.27. The molecule has 172 valence electrons. The first-order valence-electron chi connectivity index (χ1n) is 10.1. The molecule has 0 fully saturated rings. The van der Waals surface area contributed by atoms with Crippen molar-refractivity contribution in [1.82, 2.24) is 10.4 Å². The number of benzene rings is 3. The maximum atomic E-state index is 13.4. The number of fused-ring (bicyclic) bond motifs is 1. The fourth-order valence-corrected chi connectivity index (χ4v) is 5.25. The van der Waals surface area contributed by atoms with E-state index in [2.05, 4.69) is 60.7 Å². The SMILES string of the molecule is O=C(COc1cccc2cccnc12)N/N=C/c1cc(I)c(OCc2cccc(F)c2)c(I)c1. The van der Waals surface area contributed by atoms with Crippen molar-refractivity contribution >= 4 is 68.2 Å². The lowest BCUT2D eigenvalue weighted by molar-refractivity contribution is -0.123. The minimum atomic E-state index is -0.386. The van der Waals surface area contributed by atoms with Gasteiger partial charge >= 0.3 is 0 Å². The summed E-state index contributed by atoms with van der Waals surface area (Å²) in [6.07, 6.45) is 3.23. The second kappa shape index (κ2) is 11.6. The number of hydrazone groups is 1. The fourth-order valence-electron chi connectivity index (χ4n) is 3.12. The zero-order valence-corrected chi connectivity index (χ0v) is 22.0. The van der Waals surface area contributed by atoms with Crippen LogP contribution in [-0.2, 0) is 11.4 Å². The molecule has 0 aliphatic carbocycles. The molecule has 4 rings (SSSR count). The lowest BCUT2D eigenvalue weighted by Crippen LogP contribution is -2.24. The van der Waals surface area contributed by atoms with E-state index >= 15 is 0 Å². The molecule has 1 heterocycles. The van der Waals surface area contributed by atoms with Crippen LogP contribution in [0.25, 0.3) is 10.9 Å². The van der Waals surface area contributed by atoms with Gasteiger partial charge in [-0.3, -0.25) is 9.78 Å². The first-order chi connectivity index (χ1) is 16.5. The minimum Gasteiger partial charge on any atom is -0.487 e. The van der Waals surface area contributed by atoms with Gasteiger partial charge in [-0.2, -0.15) is 5.10 Å². The molecule has 0 aliphatic heterocycles. The molecular weight excluding hydrogens is 663 g/mol. The Morgan fingerprint density at radius 1 is 1.03 bits per heavy atom. The van der Waals surface area contributed by atoms with Gasteiger partial charge in [0.1, 0.15) is 29.4 Å². The number of amides is 1. The van der Waals surface area contributed by atoms with Crippen LogP contribution in [0.1, 0.15) is 11.1 Å². The molecule has 6 nitrogen and oxygen atoms in total. The van der Waals surface area contributed by atoms with E-state index in [1.165, 1.54) is 12.1 Å². The van der Waals surface area contributed by atoms with E-state index in [0.29, 0.717) is 17.0 Å². The third kappa shape index (κ3) is 6.41. The molecule has 0 unspecified atom stereocenters. The second-order valence-electron chi connectivity index (χ2n) is 7.15. The molecule has 0 saturated heterocycles. The topological polar surface area (TPSA) is 72.8 Å². The molecule has 0 aliphatic rings. The highest BCUT2D eigenvalue weighted by atomic mass is 127. The molecule has 1 aromatic heterocycles. The van der Waals surface area contributed by atoms with Gasteiger partial charge in [0.05, 0.1) is 13.4 Å². The van der Waals surface area contributed by atoms with Crippen molar-refractivity contribution in [3.63, 3.8) is 0 Å². The predicted octanol–water partition coefficient (Wildman–Crippen LogP) is 5.69. The lowest BCUT2D eigenvalue weighted by atomic mass is 10.2. The molecule has 0 spiro atoms. The number of pyridine rings is 1. The molecule has 4 aromatic rings. The zero-order chi connectivity index (χ0) is 23.9. The zero-order valence-electron chi connectivity index (χ0n) is 17.7. The van der Waals surface area contributed by atoms with Crippen LogP contribution in [0.2, 0.25) is 0 Å². The monoisotopic (exact) mass is 681 g/mol. The lowest BCUT2D eigenvalue weighted by Gasteiger charge is -2.11. The third-order valence-electron chi connectivity index (χ3n) is 4.65. The molecular formula is C25H18FI2N3O3. The van der Waals surface area contributed by atoms with E-state index in [9.17, 15) is 9.18 Å². The van der Waals surface area contributed by atoms with Crippen molar-refractivity contribution in [1.29, 1.82) is 0 Å². The Labute approximate surface area is 222 Å². The molecule has 9 heteroatoms. The number of nitrogens with zero attached hydrogens (tertiary/aromatic N) is 2. The van der Waals surface area contributed by atoms with Gasteiger partial charge in [-0.25, -0.2) is 9.82 Å². The van der Waals surface area contributed by atoms with Crippen LogP contribution in [0.15, 0.2) is 78.0 Å². The number of carbonyl (C=O) groups is 1. The highest BCUT2D eigenvalue weighted by Gasteiger charge is 2.10. The fraction of sp³-hybridized carbons (Fsp3) is 0.0800. The number of rotatable bonds is 8. The van der Waals surface area contributed by atoms with E-state index in [1.807, 2.05) is 42.5 Å². The summed E-state index contributed by atoms with van der Waals surface area (Å²) in [6, 6.07) is 19.4. The predicted molar refractivity (Wildman–Crippen MR) is 146 cm³/mol. The van der Waals surface area contributed by atoms with E-state index < -0.39 is 0 Å². The standard InChI is InChI=1S/C25H18FI2N3O3/c26-19-7-1-4-16(10-19)14-34-25-20(27)11-17(12-21(25)28)13-30-31-23(32)15-33-22-8-2-5-18-6-3-9-29-24(18)22/h1-13H,14-15H2,(H,31,32)/b30-13+. The number of ether oxygens (including phenoxy) is 2.